The van der Waals surface area contributed by atoms with Gasteiger partial charge in [0.1, 0.15) is 6.10 Å². The summed E-state index contributed by atoms with van der Waals surface area (Å²) < 4.78 is 9.88. The molecule has 0 bridgehead atoms. The summed E-state index contributed by atoms with van der Waals surface area (Å²) in [6, 6.07) is 0. The highest BCUT2D eigenvalue weighted by atomic mass is 16.6. The predicted octanol–water partition coefficient (Wildman–Crippen LogP) is 2.18. The van der Waals surface area contributed by atoms with Gasteiger partial charge in [0.05, 0.1) is 13.2 Å². The standard InChI is InChI=1S/C6H11NO3.2C2H6/c1-7-6(8)10-5-2-3-9-4-5;2*1-2/h5H,2-4H2,1H3,(H,7,8);2*1-2H3/t5-;;/m0../s1. The first kappa shape index (κ1) is 15.7. The van der Waals surface area contributed by atoms with E-state index in [-0.39, 0.29) is 12.2 Å². The second-order valence-electron chi connectivity index (χ2n) is 2.14. The van der Waals surface area contributed by atoms with Crippen LogP contribution in [0.4, 0.5) is 4.79 Å². The summed E-state index contributed by atoms with van der Waals surface area (Å²) in [4.78, 5) is 10.6. The summed E-state index contributed by atoms with van der Waals surface area (Å²) in [5, 5.41) is 2.38. The molecule has 4 nitrogen and oxygen atoms in total. The van der Waals surface area contributed by atoms with Crippen LogP contribution in [0, 0.1) is 0 Å². The van der Waals surface area contributed by atoms with Gasteiger partial charge in [-0.05, 0) is 0 Å². The number of rotatable bonds is 1. The van der Waals surface area contributed by atoms with Crippen molar-refractivity contribution < 1.29 is 14.3 Å². The van der Waals surface area contributed by atoms with Crippen molar-refractivity contribution >= 4 is 6.09 Å². The molecular formula is C10H23NO3. The maximum atomic E-state index is 10.6. The van der Waals surface area contributed by atoms with E-state index in [0.29, 0.717) is 13.2 Å². The summed E-state index contributed by atoms with van der Waals surface area (Å²) in [6.45, 7) is 9.23. The molecule has 0 saturated carbocycles. The maximum absolute atomic E-state index is 10.6. The fourth-order valence-corrected chi connectivity index (χ4v) is 0.816. The zero-order chi connectivity index (χ0) is 11.4. The monoisotopic (exact) mass is 205 g/mol. The lowest BCUT2D eigenvalue weighted by Crippen LogP contribution is -2.25. The molecule has 1 aliphatic heterocycles. The van der Waals surface area contributed by atoms with Gasteiger partial charge in [0, 0.05) is 13.5 Å². The number of amides is 1. The van der Waals surface area contributed by atoms with Crippen LogP contribution in [0.3, 0.4) is 0 Å². The topological polar surface area (TPSA) is 47.6 Å². The molecule has 1 rings (SSSR count). The van der Waals surface area contributed by atoms with Crippen molar-refractivity contribution in [3.63, 3.8) is 0 Å². The van der Waals surface area contributed by atoms with Gasteiger partial charge in [-0.25, -0.2) is 4.79 Å². The van der Waals surface area contributed by atoms with Gasteiger partial charge < -0.3 is 14.8 Å². The fourth-order valence-electron chi connectivity index (χ4n) is 0.816. The average Bonchev–Trinajstić information content (AvgIpc) is 2.76. The van der Waals surface area contributed by atoms with E-state index in [1.165, 1.54) is 7.05 Å². The van der Waals surface area contributed by atoms with Crippen LogP contribution in [0.5, 0.6) is 0 Å². The Labute approximate surface area is 87.0 Å². The Kier molecular flexibility index (Phi) is 13.7. The third-order valence-electron chi connectivity index (χ3n) is 1.37. The molecule has 1 heterocycles. The first-order chi connectivity index (χ1) is 6.83. The highest BCUT2D eigenvalue weighted by Gasteiger charge is 2.18. The van der Waals surface area contributed by atoms with E-state index in [0.717, 1.165) is 6.42 Å². The van der Waals surface area contributed by atoms with Crippen molar-refractivity contribution in [2.24, 2.45) is 0 Å². The molecule has 0 aromatic carbocycles. The molecule has 0 radical (unpaired) electrons. The summed E-state index contributed by atoms with van der Waals surface area (Å²) in [5.41, 5.74) is 0. The van der Waals surface area contributed by atoms with Crippen LogP contribution in [0.2, 0.25) is 0 Å². The van der Waals surface area contributed by atoms with Crippen LogP contribution in [0.25, 0.3) is 0 Å². The van der Waals surface area contributed by atoms with E-state index in [9.17, 15) is 4.79 Å². The number of alkyl carbamates (subject to hydrolysis) is 1. The quantitative estimate of drug-likeness (QED) is 0.713. The zero-order valence-electron chi connectivity index (χ0n) is 9.92. The van der Waals surface area contributed by atoms with E-state index in [1.807, 2.05) is 27.7 Å². The molecule has 1 aliphatic rings. The van der Waals surface area contributed by atoms with Crippen LogP contribution < -0.4 is 5.32 Å². The van der Waals surface area contributed by atoms with Crippen LogP contribution >= 0.6 is 0 Å². The summed E-state index contributed by atoms with van der Waals surface area (Å²) in [6.07, 6.45) is 0.392. The van der Waals surface area contributed by atoms with Crippen molar-refractivity contribution in [2.75, 3.05) is 20.3 Å². The lowest BCUT2D eigenvalue weighted by molar-refractivity contribution is 0.0846. The Balaban J connectivity index is 0. The summed E-state index contributed by atoms with van der Waals surface area (Å²) in [5.74, 6) is 0. The summed E-state index contributed by atoms with van der Waals surface area (Å²) >= 11 is 0. The smallest absolute Gasteiger partial charge is 0.407 e. The molecule has 0 aliphatic carbocycles. The van der Waals surface area contributed by atoms with Crippen molar-refractivity contribution in [3.8, 4) is 0 Å². The molecule has 0 aromatic rings. The molecular weight excluding hydrogens is 182 g/mol. The molecule has 86 valence electrons. The van der Waals surface area contributed by atoms with Gasteiger partial charge in [-0.2, -0.15) is 0 Å². The van der Waals surface area contributed by atoms with E-state index >= 15 is 0 Å². The Hall–Kier alpha value is -0.770. The first-order valence-corrected chi connectivity index (χ1v) is 5.29. The second kappa shape index (κ2) is 12.2. The number of carbonyl (C=O) groups is 1. The van der Waals surface area contributed by atoms with Crippen LogP contribution in [0.15, 0.2) is 0 Å². The van der Waals surface area contributed by atoms with Gasteiger partial charge in [0.2, 0.25) is 0 Å². The maximum Gasteiger partial charge on any atom is 0.407 e. The molecule has 0 unspecified atom stereocenters. The Bertz CT molecular complexity index is 123. The van der Waals surface area contributed by atoms with Gasteiger partial charge in [0.15, 0.2) is 0 Å². The molecule has 1 N–H and O–H groups in total. The molecule has 14 heavy (non-hydrogen) atoms. The van der Waals surface area contributed by atoms with Gasteiger partial charge in [-0.15, -0.1) is 0 Å². The van der Waals surface area contributed by atoms with Gasteiger partial charge in [0.25, 0.3) is 0 Å². The molecule has 0 aromatic heterocycles. The minimum Gasteiger partial charge on any atom is -0.444 e. The largest absolute Gasteiger partial charge is 0.444 e. The first-order valence-electron chi connectivity index (χ1n) is 5.29. The Morgan fingerprint density at radius 3 is 2.29 bits per heavy atom. The molecule has 1 amide bonds. The lowest BCUT2D eigenvalue weighted by atomic mass is 10.3. The normalized spacial score (nSPS) is 18.2. The molecule has 0 spiro atoms. The number of hydrogen-bond donors (Lipinski definition) is 1. The van der Waals surface area contributed by atoms with Crippen LogP contribution in [-0.2, 0) is 9.47 Å². The van der Waals surface area contributed by atoms with Crippen LogP contribution in [0.1, 0.15) is 34.1 Å². The minimum atomic E-state index is -0.379. The van der Waals surface area contributed by atoms with E-state index in [1.54, 1.807) is 0 Å². The van der Waals surface area contributed by atoms with Gasteiger partial charge >= 0.3 is 6.09 Å². The van der Waals surface area contributed by atoms with E-state index in [4.69, 9.17) is 9.47 Å². The second-order valence-corrected chi connectivity index (χ2v) is 2.14. The van der Waals surface area contributed by atoms with Crippen molar-refractivity contribution in [1.82, 2.24) is 5.32 Å². The number of ether oxygens (including phenoxy) is 2. The average molecular weight is 205 g/mol. The summed E-state index contributed by atoms with van der Waals surface area (Å²) in [7, 11) is 1.54. The molecule has 1 fully saturated rings. The Morgan fingerprint density at radius 2 is 1.93 bits per heavy atom. The van der Waals surface area contributed by atoms with Crippen molar-refractivity contribution in [3.05, 3.63) is 0 Å². The third-order valence-corrected chi connectivity index (χ3v) is 1.37. The third kappa shape index (κ3) is 7.86. The molecule has 1 atom stereocenters. The van der Waals surface area contributed by atoms with Gasteiger partial charge in [-0.3, -0.25) is 0 Å². The van der Waals surface area contributed by atoms with Crippen molar-refractivity contribution in [2.45, 2.75) is 40.2 Å². The number of carbonyl (C=O) groups excluding carboxylic acids is 1. The van der Waals surface area contributed by atoms with E-state index < -0.39 is 0 Å². The molecule has 4 heteroatoms. The van der Waals surface area contributed by atoms with Crippen LogP contribution in [-0.4, -0.2) is 32.5 Å². The highest BCUT2D eigenvalue weighted by molar-refractivity contribution is 5.66. The van der Waals surface area contributed by atoms with Gasteiger partial charge in [-0.1, -0.05) is 27.7 Å². The SMILES string of the molecule is CC.CC.CNC(=O)O[C@H]1CCOC1. The fraction of sp³-hybridized carbons (Fsp3) is 0.900. The van der Waals surface area contributed by atoms with E-state index in [2.05, 4.69) is 5.32 Å². The number of hydrogen-bond acceptors (Lipinski definition) is 3. The van der Waals surface area contributed by atoms with Crippen molar-refractivity contribution in [1.29, 1.82) is 0 Å². The highest BCUT2D eigenvalue weighted by Crippen LogP contribution is 2.07. The number of nitrogens with one attached hydrogen (secondary N) is 1. The predicted molar refractivity (Wildman–Crippen MR) is 57.5 cm³/mol. The zero-order valence-corrected chi connectivity index (χ0v) is 9.92. The Morgan fingerprint density at radius 1 is 1.36 bits per heavy atom. The minimum absolute atomic E-state index is 0.0417. The molecule has 1 saturated heterocycles. The lowest BCUT2D eigenvalue weighted by Gasteiger charge is -2.07.